The maximum atomic E-state index is 10.8. The summed E-state index contributed by atoms with van der Waals surface area (Å²) in [5.74, 6) is -1.60. The lowest BCUT2D eigenvalue weighted by Gasteiger charge is -2.05. The van der Waals surface area contributed by atoms with E-state index in [-0.39, 0.29) is 0 Å². The molecule has 4 nitrogen and oxygen atoms in total. The first kappa shape index (κ1) is 11.7. The summed E-state index contributed by atoms with van der Waals surface area (Å²) in [6.45, 7) is 3.87. The zero-order valence-electron chi connectivity index (χ0n) is 7.36. The SMILES string of the molecule is C=CCN=C(SC)C(C#N)C(N)=O. The molecule has 0 bridgehead atoms. The molecular formula is C8H11N3OS. The molecule has 0 saturated carbocycles. The maximum absolute atomic E-state index is 10.8. The number of carbonyl (C=O) groups is 1. The van der Waals surface area contributed by atoms with Crippen molar-refractivity contribution < 1.29 is 4.79 Å². The Labute approximate surface area is 81.5 Å². The number of hydrogen-bond acceptors (Lipinski definition) is 4. The first-order valence-electron chi connectivity index (χ1n) is 3.55. The third-order valence-corrected chi connectivity index (χ3v) is 2.03. The minimum absolute atomic E-state index is 0.391. The molecule has 2 N–H and O–H groups in total. The summed E-state index contributed by atoms with van der Waals surface area (Å²) in [6.07, 6.45) is 3.33. The summed E-state index contributed by atoms with van der Waals surface area (Å²) in [5.41, 5.74) is 5.01. The van der Waals surface area contributed by atoms with E-state index in [1.807, 2.05) is 0 Å². The van der Waals surface area contributed by atoms with Gasteiger partial charge in [0.05, 0.1) is 17.7 Å². The largest absolute Gasteiger partial charge is 0.368 e. The molecule has 0 rings (SSSR count). The lowest BCUT2D eigenvalue weighted by Crippen LogP contribution is -2.27. The number of nitrogens with two attached hydrogens (primary N) is 1. The monoisotopic (exact) mass is 197 g/mol. The number of aliphatic imine (C=N–C) groups is 1. The van der Waals surface area contributed by atoms with Crippen molar-refractivity contribution >= 4 is 22.7 Å². The van der Waals surface area contributed by atoms with Gasteiger partial charge in [-0.1, -0.05) is 6.08 Å². The van der Waals surface area contributed by atoms with E-state index in [1.54, 1.807) is 18.4 Å². The van der Waals surface area contributed by atoms with E-state index in [2.05, 4.69) is 11.6 Å². The van der Waals surface area contributed by atoms with Gasteiger partial charge in [0, 0.05) is 0 Å². The molecule has 1 atom stereocenters. The Balaban J connectivity index is 4.64. The van der Waals surface area contributed by atoms with Gasteiger partial charge in [0.15, 0.2) is 5.92 Å². The second-order valence-corrected chi connectivity index (χ2v) is 2.96. The molecule has 0 spiro atoms. The second kappa shape index (κ2) is 6.26. The van der Waals surface area contributed by atoms with Crippen LogP contribution in [0.1, 0.15) is 0 Å². The molecule has 0 aromatic carbocycles. The van der Waals surface area contributed by atoms with Crippen molar-refractivity contribution in [1.82, 2.24) is 0 Å². The van der Waals surface area contributed by atoms with Crippen molar-refractivity contribution in [3.8, 4) is 6.07 Å². The van der Waals surface area contributed by atoms with E-state index in [0.717, 1.165) is 0 Å². The number of nitriles is 1. The zero-order valence-corrected chi connectivity index (χ0v) is 8.17. The van der Waals surface area contributed by atoms with Crippen LogP contribution < -0.4 is 5.73 Å². The summed E-state index contributed by atoms with van der Waals surface area (Å²) >= 11 is 1.25. The highest BCUT2D eigenvalue weighted by Crippen LogP contribution is 2.09. The fraction of sp³-hybridized carbons (Fsp3) is 0.375. The third-order valence-electron chi connectivity index (χ3n) is 1.25. The molecule has 0 aromatic heterocycles. The van der Waals surface area contributed by atoms with Gasteiger partial charge in [-0.05, 0) is 6.26 Å². The van der Waals surface area contributed by atoms with Crippen LogP contribution in [0.25, 0.3) is 0 Å². The Morgan fingerprint density at radius 1 is 1.92 bits per heavy atom. The van der Waals surface area contributed by atoms with Crippen molar-refractivity contribution in [2.24, 2.45) is 16.6 Å². The Bertz CT molecular complexity index is 267. The normalized spacial score (nSPS) is 13.1. The molecule has 0 aromatic rings. The first-order valence-corrected chi connectivity index (χ1v) is 4.78. The third kappa shape index (κ3) is 3.76. The Morgan fingerprint density at radius 2 is 2.54 bits per heavy atom. The van der Waals surface area contributed by atoms with Crippen molar-refractivity contribution in [1.29, 1.82) is 5.26 Å². The van der Waals surface area contributed by atoms with Gasteiger partial charge in [-0.3, -0.25) is 9.79 Å². The quantitative estimate of drug-likeness (QED) is 0.406. The summed E-state index contributed by atoms with van der Waals surface area (Å²) in [5, 5.41) is 9.07. The Hall–Kier alpha value is -1.28. The van der Waals surface area contributed by atoms with E-state index in [4.69, 9.17) is 11.0 Å². The number of amides is 1. The van der Waals surface area contributed by atoms with Crippen LogP contribution in [0.2, 0.25) is 0 Å². The van der Waals surface area contributed by atoms with Gasteiger partial charge in [0.1, 0.15) is 0 Å². The average molecular weight is 197 g/mol. The van der Waals surface area contributed by atoms with E-state index >= 15 is 0 Å². The number of nitrogens with zero attached hydrogens (tertiary/aromatic N) is 2. The van der Waals surface area contributed by atoms with Gasteiger partial charge in [-0.2, -0.15) is 5.26 Å². The van der Waals surface area contributed by atoms with Crippen LogP contribution >= 0.6 is 11.8 Å². The molecule has 0 fully saturated rings. The van der Waals surface area contributed by atoms with Crippen molar-refractivity contribution in [3.63, 3.8) is 0 Å². The molecule has 0 aliphatic carbocycles. The summed E-state index contributed by atoms with van der Waals surface area (Å²) < 4.78 is 0. The minimum atomic E-state index is -0.935. The van der Waals surface area contributed by atoms with Crippen LogP contribution in [0.3, 0.4) is 0 Å². The van der Waals surface area contributed by atoms with Gasteiger partial charge in [0.2, 0.25) is 5.91 Å². The summed E-state index contributed by atoms with van der Waals surface area (Å²) in [6, 6.07) is 1.80. The smallest absolute Gasteiger partial charge is 0.241 e. The fourth-order valence-corrected chi connectivity index (χ4v) is 1.28. The van der Waals surface area contributed by atoms with Crippen molar-refractivity contribution in [2.75, 3.05) is 12.8 Å². The van der Waals surface area contributed by atoms with Crippen LogP contribution in [0.15, 0.2) is 17.6 Å². The summed E-state index contributed by atoms with van der Waals surface area (Å²) in [4.78, 5) is 14.8. The first-order chi connectivity index (χ1) is 6.17. The zero-order chi connectivity index (χ0) is 10.3. The summed E-state index contributed by atoms with van der Waals surface area (Å²) in [7, 11) is 0. The van der Waals surface area contributed by atoms with Crippen LogP contribution in [0.5, 0.6) is 0 Å². The molecule has 1 unspecified atom stereocenters. The van der Waals surface area contributed by atoms with Crippen LogP contribution in [-0.2, 0) is 4.79 Å². The number of thioether (sulfide) groups is 1. The molecule has 0 saturated heterocycles. The van der Waals surface area contributed by atoms with Gasteiger partial charge in [-0.25, -0.2) is 0 Å². The molecule has 0 aliphatic heterocycles. The van der Waals surface area contributed by atoms with Gasteiger partial charge in [0.25, 0.3) is 0 Å². The van der Waals surface area contributed by atoms with E-state index in [0.29, 0.717) is 11.6 Å². The van der Waals surface area contributed by atoms with Crippen molar-refractivity contribution in [2.45, 2.75) is 0 Å². The van der Waals surface area contributed by atoms with Gasteiger partial charge in [-0.15, -0.1) is 18.3 Å². The maximum Gasteiger partial charge on any atom is 0.241 e. The van der Waals surface area contributed by atoms with Gasteiger partial charge >= 0.3 is 0 Å². The molecule has 0 heterocycles. The number of carbonyl (C=O) groups excluding carboxylic acids is 1. The van der Waals surface area contributed by atoms with Crippen LogP contribution in [-0.4, -0.2) is 23.8 Å². The van der Waals surface area contributed by atoms with E-state index < -0.39 is 11.8 Å². The topological polar surface area (TPSA) is 79.2 Å². The highest BCUT2D eigenvalue weighted by molar-refractivity contribution is 8.13. The predicted molar refractivity (Wildman–Crippen MR) is 54.3 cm³/mol. The molecule has 13 heavy (non-hydrogen) atoms. The van der Waals surface area contributed by atoms with Crippen LogP contribution in [0, 0.1) is 17.2 Å². The molecular weight excluding hydrogens is 186 g/mol. The van der Waals surface area contributed by atoms with E-state index in [1.165, 1.54) is 11.8 Å². The number of rotatable bonds is 4. The average Bonchev–Trinajstić information content (AvgIpc) is 2.11. The minimum Gasteiger partial charge on any atom is -0.368 e. The molecule has 1 amide bonds. The molecule has 0 aliphatic rings. The van der Waals surface area contributed by atoms with Crippen LogP contribution in [0.4, 0.5) is 0 Å². The Morgan fingerprint density at radius 3 is 2.85 bits per heavy atom. The standard InChI is InChI=1S/C8H11N3OS/c1-3-4-11-8(13-2)6(5-9)7(10)12/h3,6H,1,4H2,2H3,(H2,10,12). The van der Waals surface area contributed by atoms with Crippen molar-refractivity contribution in [3.05, 3.63) is 12.7 Å². The number of hydrogen-bond donors (Lipinski definition) is 1. The Kier molecular flexibility index (Phi) is 5.64. The highest BCUT2D eigenvalue weighted by Gasteiger charge is 2.20. The number of primary amides is 1. The lowest BCUT2D eigenvalue weighted by molar-refractivity contribution is -0.118. The molecule has 70 valence electrons. The molecule has 5 heteroatoms. The van der Waals surface area contributed by atoms with E-state index in [9.17, 15) is 4.79 Å². The predicted octanol–water partition coefficient (Wildman–Crippen LogP) is 0.559. The highest BCUT2D eigenvalue weighted by atomic mass is 32.2. The fourth-order valence-electron chi connectivity index (χ4n) is 0.669. The van der Waals surface area contributed by atoms with Gasteiger partial charge < -0.3 is 5.73 Å². The second-order valence-electron chi connectivity index (χ2n) is 2.14. The lowest BCUT2D eigenvalue weighted by atomic mass is 10.2. The molecule has 0 radical (unpaired) electrons.